The smallest absolute Gasteiger partial charge is 0.264 e. The van der Waals surface area contributed by atoms with Gasteiger partial charge in [0.15, 0.2) is 5.78 Å². The Morgan fingerprint density at radius 2 is 1.84 bits per heavy atom. The first-order chi connectivity index (χ1) is 11.8. The van der Waals surface area contributed by atoms with E-state index in [-0.39, 0.29) is 17.3 Å². The molecule has 1 aliphatic heterocycles. The third-order valence-electron chi connectivity index (χ3n) is 3.88. The van der Waals surface area contributed by atoms with Gasteiger partial charge in [0, 0.05) is 15.6 Å². The zero-order valence-corrected chi connectivity index (χ0v) is 15.6. The number of rotatable bonds is 4. The number of sulfonamides is 1. The Hall–Kier alpha value is -2.19. The average molecular weight is 424 g/mol. The molecule has 0 aliphatic carbocycles. The summed E-state index contributed by atoms with van der Waals surface area (Å²) in [4.78, 5) is 23.6. The number of ketones is 1. The predicted molar refractivity (Wildman–Crippen MR) is 94.2 cm³/mol. The summed E-state index contributed by atoms with van der Waals surface area (Å²) in [5.74, 6) is -0.976. The number of benzene rings is 2. The minimum atomic E-state index is -4.03. The molecule has 1 heterocycles. The Balaban J connectivity index is 1.81. The second kappa shape index (κ2) is 6.61. The van der Waals surface area contributed by atoms with Crippen molar-refractivity contribution in [2.24, 2.45) is 0 Å². The molecule has 0 saturated heterocycles. The predicted octanol–water partition coefficient (Wildman–Crippen LogP) is 2.63. The molecular weight excluding hydrogens is 410 g/mol. The van der Waals surface area contributed by atoms with Gasteiger partial charge in [0.1, 0.15) is 18.3 Å². The Morgan fingerprint density at radius 1 is 1.16 bits per heavy atom. The fourth-order valence-corrected chi connectivity index (χ4v) is 3.93. The number of fused-ring (bicyclic) bond motifs is 1. The van der Waals surface area contributed by atoms with E-state index in [0.717, 1.165) is 4.47 Å². The minimum absolute atomic E-state index is 0.0798. The maximum Gasteiger partial charge on any atom is 0.264 e. The van der Waals surface area contributed by atoms with Crippen LogP contribution in [0.1, 0.15) is 28.8 Å². The summed E-state index contributed by atoms with van der Waals surface area (Å²) in [7, 11) is -4.03. The van der Waals surface area contributed by atoms with Crippen LogP contribution in [0.4, 0.5) is 0 Å². The van der Waals surface area contributed by atoms with Crippen LogP contribution in [0.3, 0.4) is 0 Å². The van der Waals surface area contributed by atoms with Crippen molar-refractivity contribution in [1.29, 1.82) is 0 Å². The molecule has 2 aromatic carbocycles. The zero-order valence-electron chi connectivity index (χ0n) is 13.2. The Labute approximate surface area is 153 Å². The number of Topliss-reactive ketones (excluding diaryl/α,β-unsaturated/α-hetero) is 1. The van der Waals surface area contributed by atoms with Crippen molar-refractivity contribution in [2.75, 3.05) is 6.61 Å². The minimum Gasteiger partial charge on any atom is -0.492 e. The van der Waals surface area contributed by atoms with Gasteiger partial charge in [-0.1, -0.05) is 28.1 Å². The number of halogens is 1. The third kappa shape index (κ3) is 3.59. The van der Waals surface area contributed by atoms with Crippen LogP contribution in [0, 0.1) is 0 Å². The molecule has 1 aliphatic rings. The number of hydrogen-bond acceptors (Lipinski definition) is 5. The van der Waals surface area contributed by atoms with Crippen LogP contribution in [0.15, 0.2) is 51.8 Å². The molecule has 25 heavy (non-hydrogen) atoms. The Bertz CT molecular complexity index is 954. The van der Waals surface area contributed by atoms with Gasteiger partial charge in [0.2, 0.25) is 5.91 Å². The fraction of sp³-hybridized carbons (Fsp3) is 0.176. The summed E-state index contributed by atoms with van der Waals surface area (Å²) in [5, 5.41) is 0. The molecule has 0 aromatic heterocycles. The van der Waals surface area contributed by atoms with Gasteiger partial charge < -0.3 is 4.74 Å². The van der Waals surface area contributed by atoms with E-state index in [9.17, 15) is 18.0 Å². The Kier molecular flexibility index (Phi) is 4.66. The van der Waals surface area contributed by atoms with E-state index in [2.05, 4.69) is 20.7 Å². The molecule has 0 radical (unpaired) electrons. The van der Waals surface area contributed by atoms with Gasteiger partial charge in [-0.15, -0.1) is 0 Å². The number of ether oxygens (including phenoxy) is 1. The number of carbonyl (C=O) groups is 2. The molecule has 0 saturated carbocycles. The molecule has 3 rings (SSSR count). The van der Waals surface area contributed by atoms with E-state index in [1.165, 1.54) is 31.2 Å². The van der Waals surface area contributed by atoms with Crippen molar-refractivity contribution in [3.63, 3.8) is 0 Å². The lowest BCUT2D eigenvalue weighted by molar-refractivity contribution is -0.120. The van der Waals surface area contributed by atoms with Gasteiger partial charge in [0.05, 0.1) is 4.90 Å². The normalized spacial score (nSPS) is 16.0. The van der Waals surface area contributed by atoms with Crippen LogP contribution in [0.2, 0.25) is 0 Å². The van der Waals surface area contributed by atoms with Crippen molar-refractivity contribution in [3.05, 3.63) is 58.1 Å². The first-order valence-electron chi connectivity index (χ1n) is 7.38. The quantitative estimate of drug-likeness (QED) is 0.763. The summed E-state index contributed by atoms with van der Waals surface area (Å²) in [5.41, 5.74) is 1.03. The first-order valence-corrected chi connectivity index (χ1v) is 9.65. The van der Waals surface area contributed by atoms with Crippen molar-refractivity contribution in [2.45, 2.75) is 17.7 Å². The SMILES string of the molecule is CC(=O)c1ccc(S(=O)(=O)NC(=O)C2COc3ccc(Br)cc32)cc1. The highest BCUT2D eigenvalue weighted by Gasteiger charge is 2.33. The maximum atomic E-state index is 12.4. The van der Waals surface area contributed by atoms with Crippen LogP contribution in [0.5, 0.6) is 5.75 Å². The molecule has 0 bridgehead atoms. The van der Waals surface area contributed by atoms with Gasteiger partial charge in [-0.2, -0.15) is 0 Å². The Morgan fingerprint density at radius 3 is 2.48 bits per heavy atom. The highest BCUT2D eigenvalue weighted by Crippen LogP contribution is 2.36. The molecule has 1 N–H and O–H groups in total. The van der Waals surface area contributed by atoms with Crippen LogP contribution < -0.4 is 9.46 Å². The lowest BCUT2D eigenvalue weighted by Gasteiger charge is -2.11. The summed E-state index contributed by atoms with van der Waals surface area (Å²) in [6, 6.07) is 10.7. The summed E-state index contributed by atoms with van der Waals surface area (Å²) >= 11 is 3.32. The van der Waals surface area contributed by atoms with Gasteiger partial charge in [-0.05, 0) is 37.3 Å². The van der Waals surface area contributed by atoms with E-state index >= 15 is 0 Å². The number of carbonyl (C=O) groups excluding carboxylic acids is 2. The second-order valence-electron chi connectivity index (χ2n) is 5.60. The molecule has 2 aromatic rings. The summed E-state index contributed by atoms with van der Waals surface area (Å²) < 4.78 is 33.1. The van der Waals surface area contributed by atoms with Crippen molar-refractivity contribution >= 4 is 37.6 Å². The molecule has 1 amide bonds. The monoisotopic (exact) mass is 423 g/mol. The van der Waals surface area contributed by atoms with Gasteiger partial charge in [-0.3, -0.25) is 9.59 Å². The molecule has 0 spiro atoms. The highest BCUT2D eigenvalue weighted by molar-refractivity contribution is 9.10. The molecular formula is C17H14BrNO5S. The fourth-order valence-electron chi connectivity index (χ4n) is 2.53. The number of hydrogen-bond donors (Lipinski definition) is 1. The second-order valence-corrected chi connectivity index (χ2v) is 8.19. The van der Waals surface area contributed by atoms with Gasteiger partial charge in [-0.25, -0.2) is 13.1 Å². The van der Waals surface area contributed by atoms with Gasteiger partial charge in [0.25, 0.3) is 10.0 Å². The van der Waals surface area contributed by atoms with Crippen LogP contribution >= 0.6 is 15.9 Å². The van der Waals surface area contributed by atoms with Crippen molar-refractivity contribution < 1.29 is 22.7 Å². The zero-order chi connectivity index (χ0) is 18.2. The van der Waals surface area contributed by atoms with Crippen LogP contribution in [0.25, 0.3) is 0 Å². The number of amides is 1. The molecule has 0 fully saturated rings. The lowest BCUT2D eigenvalue weighted by Crippen LogP contribution is -2.35. The van der Waals surface area contributed by atoms with Crippen molar-refractivity contribution in [3.8, 4) is 5.75 Å². The van der Waals surface area contributed by atoms with E-state index in [1.807, 2.05) is 0 Å². The molecule has 130 valence electrons. The van der Waals surface area contributed by atoms with E-state index < -0.39 is 21.8 Å². The van der Waals surface area contributed by atoms with E-state index in [0.29, 0.717) is 16.9 Å². The third-order valence-corrected chi connectivity index (χ3v) is 5.73. The molecule has 1 atom stereocenters. The molecule has 1 unspecified atom stereocenters. The first kappa shape index (κ1) is 17.6. The maximum absolute atomic E-state index is 12.4. The van der Waals surface area contributed by atoms with Crippen molar-refractivity contribution in [1.82, 2.24) is 4.72 Å². The number of nitrogens with one attached hydrogen (secondary N) is 1. The standard InChI is InChI=1S/C17H14BrNO5S/c1-10(20)11-2-5-13(6-3-11)25(22,23)19-17(21)15-9-24-16-7-4-12(18)8-14(15)16/h2-8,15H,9H2,1H3,(H,19,21). The summed E-state index contributed by atoms with van der Waals surface area (Å²) in [6.07, 6.45) is 0. The molecule has 6 nitrogen and oxygen atoms in total. The highest BCUT2D eigenvalue weighted by atomic mass is 79.9. The average Bonchev–Trinajstić information content (AvgIpc) is 2.97. The van der Waals surface area contributed by atoms with Crippen LogP contribution in [-0.2, 0) is 14.8 Å². The van der Waals surface area contributed by atoms with Gasteiger partial charge >= 0.3 is 0 Å². The molecule has 8 heteroatoms. The van der Waals surface area contributed by atoms with E-state index in [4.69, 9.17) is 4.74 Å². The lowest BCUT2D eigenvalue weighted by atomic mass is 10.0. The largest absolute Gasteiger partial charge is 0.492 e. The van der Waals surface area contributed by atoms with E-state index in [1.54, 1.807) is 18.2 Å². The topological polar surface area (TPSA) is 89.5 Å². The summed E-state index contributed by atoms with van der Waals surface area (Å²) in [6.45, 7) is 1.47. The van der Waals surface area contributed by atoms with Crippen LogP contribution in [-0.4, -0.2) is 26.7 Å².